The third kappa shape index (κ3) is 2.33. The number of methoxy groups -OCH3 is 1. The van der Waals surface area contributed by atoms with Crippen LogP contribution in [-0.4, -0.2) is 13.1 Å². The van der Waals surface area contributed by atoms with Gasteiger partial charge < -0.3 is 9.47 Å². The van der Waals surface area contributed by atoms with E-state index in [4.69, 9.17) is 9.47 Å². The smallest absolute Gasteiger partial charge is 0.335 e. The SMILES string of the molecule is COC1=CC(=O)OC(C)(c2cccc(C)c2)C1. The molecule has 1 aliphatic rings. The Labute approximate surface area is 101 Å². The van der Waals surface area contributed by atoms with Gasteiger partial charge in [0.1, 0.15) is 11.4 Å². The van der Waals surface area contributed by atoms with Gasteiger partial charge in [-0.15, -0.1) is 0 Å². The Balaban J connectivity index is 2.37. The minimum absolute atomic E-state index is 0.350. The highest BCUT2D eigenvalue weighted by Gasteiger charge is 2.36. The van der Waals surface area contributed by atoms with Crippen molar-refractivity contribution in [3.63, 3.8) is 0 Å². The van der Waals surface area contributed by atoms with Crippen LogP contribution in [0, 0.1) is 6.92 Å². The van der Waals surface area contributed by atoms with Crippen molar-refractivity contribution in [2.45, 2.75) is 25.9 Å². The number of benzene rings is 1. The number of esters is 1. The van der Waals surface area contributed by atoms with Crippen LogP contribution < -0.4 is 0 Å². The van der Waals surface area contributed by atoms with Gasteiger partial charge in [0.2, 0.25) is 0 Å². The van der Waals surface area contributed by atoms with Crippen molar-refractivity contribution in [2.24, 2.45) is 0 Å². The molecule has 3 nitrogen and oxygen atoms in total. The molecule has 90 valence electrons. The lowest BCUT2D eigenvalue weighted by Gasteiger charge is -2.33. The summed E-state index contributed by atoms with van der Waals surface area (Å²) in [6.07, 6.45) is 1.97. The Hall–Kier alpha value is -1.77. The summed E-state index contributed by atoms with van der Waals surface area (Å²) in [4.78, 5) is 11.5. The number of hydrogen-bond acceptors (Lipinski definition) is 3. The summed E-state index contributed by atoms with van der Waals surface area (Å²) in [5, 5.41) is 0. The lowest BCUT2D eigenvalue weighted by Crippen LogP contribution is -2.33. The van der Waals surface area contributed by atoms with E-state index in [1.54, 1.807) is 7.11 Å². The molecule has 1 aliphatic heterocycles. The number of cyclic esters (lactones) is 1. The average Bonchev–Trinajstić information content (AvgIpc) is 2.28. The van der Waals surface area contributed by atoms with E-state index in [-0.39, 0.29) is 5.97 Å². The first kappa shape index (κ1) is 11.7. The Morgan fingerprint density at radius 2 is 2.18 bits per heavy atom. The third-order valence-electron chi connectivity index (χ3n) is 3.01. The zero-order valence-corrected chi connectivity index (χ0v) is 10.3. The molecule has 0 bridgehead atoms. The van der Waals surface area contributed by atoms with Gasteiger partial charge in [0.05, 0.1) is 13.2 Å². The molecule has 1 unspecified atom stereocenters. The van der Waals surface area contributed by atoms with Crippen LogP contribution >= 0.6 is 0 Å². The van der Waals surface area contributed by atoms with Crippen LogP contribution in [0.4, 0.5) is 0 Å². The molecule has 0 amide bonds. The molecule has 3 heteroatoms. The molecular weight excluding hydrogens is 216 g/mol. The van der Waals surface area contributed by atoms with Gasteiger partial charge in [-0.3, -0.25) is 0 Å². The predicted molar refractivity (Wildman–Crippen MR) is 64.3 cm³/mol. The fourth-order valence-corrected chi connectivity index (χ4v) is 2.07. The summed E-state index contributed by atoms with van der Waals surface area (Å²) in [5.41, 5.74) is 1.50. The lowest BCUT2D eigenvalue weighted by molar-refractivity contribution is -0.156. The van der Waals surface area contributed by atoms with Gasteiger partial charge in [-0.1, -0.05) is 29.8 Å². The molecule has 0 fully saturated rings. The van der Waals surface area contributed by atoms with E-state index in [0.29, 0.717) is 12.2 Å². The van der Waals surface area contributed by atoms with Gasteiger partial charge in [-0.05, 0) is 19.4 Å². The summed E-state index contributed by atoms with van der Waals surface area (Å²) in [5.74, 6) is 0.308. The van der Waals surface area contributed by atoms with Gasteiger partial charge in [0.15, 0.2) is 0 Å². The molecule has 0 saturated heterocycles. The maximum Gasteiger partial charge on any atom is 0.335 e. The van der Waals surface area contributed by atoms with Crippen LogP contribution in [0.25, 0.3) is 0 Å². The van der Waals surface area contributed by atoms with Crippen LogP contribution in [-0.2, 0) is 19.9 Å². The van der Waals surface area contributed by atoms with Crippen LogP contribution in [0.15, 0.2) is 36.1 Å². The largest absolute Gasteiger partial charge is 0.501 e. The molecule has 1 atom stereocenters. The maximum absolute atomic E-state index is 11.5. The molecule has 17 heavy (non-hydrogen) atoms. The summed E-state index contributed by atoms with van der Waals surface area (Å²) < 4.78 is 10.6. The second kappa shape index (κ2) is 4.24. The summed E-state index contributed by atoms with van der Waals surface area (Å²) in [7, 11) is 1.57. The van der Waals surface area contributed by atoms with Crippen molar-refractivity contribution in [1.82, 2.24) is 0 Å². The highest BCUT2D eigenvalue weighted by atomic mass is 16.6. The first-order valence-corrected chi connectivity index (χ1v) is 5.58. The normalized spacial score (nSPS) is 23.9. The van der Waals surface area contributed by atoms with E-state index in [9.17, 15) is 4.79 Å². The molecule has 0 saturated carbocycles. The molecule has 1 heterocycles. The van der Waals surface area contributed by atoms with Gasteiger partial charge in [0.25, 0.3) is 0 Å². The molecule has 0 radical (unpaired) electrons. The minimum Gasteiger partial charge on any atom is -0.501 e. The molecule has 1 aromatic rings. The van der Waals surface area contributed by atoms with Crippen molar-refractivity contribution in [2.75, 3.05) is 7.11 Å². The first-order valence-electron chi connectivity index (χ1n) is 5.58. The van der Waals surface area contributed by atoms with Crippen LogP contribution in [0.5, 0.6) is 0 Å². The summed E-state index contributed by atoms with van der Waals surface area (Å²) >= 11 is 0. The number of aryl methyl sites for hydroxylation is 1. The van der Waals surface area contributed by atoms with Crippen molar-refractivity contribution in [1.29, 1.82) is 0 Å². The number of carbonyl (C=O) groups excluding carboxylic acids is 1. The Bertz CT molecular complexity index is 476. The van der Waals surface area contributed by atoms with Crippen molar-refractivity contribution >= 4 is 5.97 Å². The van der Waals surface area contributed by atoms with Crippen LogP contribution in [0.1, 0.15) is 24.5 Å². The van der Waals surface area contributed by atoms with Crippen LogP contribution in [0.3, 0.4) is 0 Å². The van der Waals surface area contributed by atoms with E-state index < -0.39 is 5.60 Å². The zero-order valence-electron chi connectivity index (χ0n) is 10.3. The third-order valence-corrected chi connectivity index (χ3v) is 3.01. The van der Waals surface area contributed by atoms with E-state index in [0.717, 1.165) is 11.1 Å². The summed E-state index contributed by atoms with van der Waals surface area (Å²) in [6, 6.07) is 7.99. The second-order valence-corrected chi connectivity index (χ2v) is 4.51. The topological polar surface area (TPSA) is 35.5 Å². The molecule has 0 N–H and O–H groups in total. The van der Waals surface area contributed by atoms with Gasteiger partial charge >= 0.3 is 5.97 Å². The Morgan fingerprint density at radius 1 is 1.41 bits per heavy atom. The Kier molecular flexibility index (Phi) is 2.92. The van der Waals surface area contributed by atoms with Gasteiger partial charge in [-0.2, -0.15) is 0 Å². The quantitative estimate of drug-likeness (QED) is 0.735. The van der Waals surface area contributed by atoms with E-state index in [2.05, 4.69) is 0 Å². The van der Waals surface area contributed by atoms with Crippen molar-refractivity contribution in [3.8, 4) is 0 Å². The van der Waals surface area contributed by atoms with Crippen molar-refractivity contribution < 1.29 is 14.3 Å². The maximum atomic E-state index is 11.5. The number of rotatable bonds is 2. The van der Waals surface area contributed by atoms with Crippen LogP contribution in [0.2, 0.25) is 0 Å². The molecule has 1 aromatic carbocycles. The molecule has 0 aliphatic carbocycles. The number of ether oxygens (including phenoxy) is 2. The van der Waals surface area contributed by atoms with Crippen molar-refractivity contribution in [3.05, 3.63) is 47.2 Å². The molecule has 0 aromatic heterocycles. The highest BCUT2D eigenvalue weighted by molar-refractivity contribution is 5.84. The van der Waals surface area contributed by atoms with E-state index >= 15 is 0 Å². The molecule has 2 rings (SSSR count). The highest BCUT2D eigenvalue weighted by Crippen LogP contribution is 2.36. The zero-order chi connectivity index (χ0) is 12.5. The minimum atomic E-state index is -0.636. The Morgan fingerprint density at radius 3 is 2.82 bits per heavy atom. The van der Waals surface area contributed by atoms with E-state index in [1.807, 2.05) is 38.1 Å². The first-order chi connectivity index (χ1) is 8.03. The lowest BCUT2D eigenvalue weighted by atomic mass is 9.89. The fourth-order valence-electron chi connectivity index (χ4n) is 2.07. The molecular formula is C14H16O3. The van der Waals surface area contributed by atoms with Gasteiger partial charge in [0, 0.05) is 6.42 Å². The monoisotopic (exact) mass is 232 g/mol. The average molecular weight is 232 g/mol. The predicted octanol–water partition coefficient (Wildman–Crippen LogP) is 2.69. The van der Waals surface area contributed by atoms with E-state index in [1.165, 1.54) is 6.08 Å². The standard InChI is InChI=1S/C14H16O3/c1-10-5-4-6-11(7-10)14(2)9-12(16-3)8-13(15)17-14/h4-8H,9H2,1-3H3. The fraction of sp³-hybridized carbons (Fsp3) is 0.357. The molecule has 0 spiro atoms. The summed E-state index contributed by atoms with van der Waals surface area (Å²) in [6.45, 7) is 3.93. The van der Waals surface area contributed by atoms with Gasteiger partial charge in [-0.25, -0.2) is 4.79 Å². The number of hydrogen-bond donors (Lipinski definition) is 0. The second-order valence-electron chi connectivity index (χ2n) is 4.51. The number of carbonyl (C=O) groups is 1.